The van der Waals surface area contributed by atoms with Crippen LogP contribution in [0.4, 0.5) is 10.1 Å². The molecule has 2 N–H and O–H groups in total. The van der Waals surface area contributed by atoms with E-state index in [0.717, 1.165) is 35.6 Å². The summed E-state index contributed by atoms with van der Waals surface area (Å²) in [6, 6.07) is 18.5. The number of fused-ring (bicyclic) bond motifs is 2. The third-order valence-corrected chi connectivity index (χ3v) is 12.0. The fraction of sp³-hybridized carbons (Fsp3) is 0.341. The minimum Gasteiger partial charge on any atom is -0.497 e. The second-order valence-electron chi connectivity index (χ2n) is 14.4. The van der Waals surface area contributed by atoms with Crippen molar-refractivity contribution in [1.29, 1.82) is 0 Å². The molecule has 2 amide bonds. The largest absolute Gasteiger partial charge is 0.497 e. The van der Waals surface area contributed by atoms with Crippen molar-refractivity contribution >= 4 is 52.1 Å². The molecule has 3 fully saturated rings. The van der Waals surface area contributed by atoms with Crippen LogP contribution in [0.25, 0.3) is 10.9 Å². The summed E-state index contributed by atoms with van der Waals surface area (Å²) < 4.78 is 28.5. The minimum atomic E-state index is -1.34. The molecule has 2 saturated heterocycles. The fourth-order valence-corrected chi connectivity index (χ4v) is 8.90. The Kier molecular flexibility index (Phi) is 10.3. The van der Waals surface area contributed by atoms with E-state index in [9.17, 15) is 29.1 Å². The highest BCUT2D eigenvalue weighted by atomic mass is 32.2. The lowest BCUT2D eigenvalue weighted by Gasteiger charge is -2.50. The van der Waals surface area contributed by atoms with Gasteiger partial charge in [-0.25, -0.2) is 14.0 Å². The molecule has 1 aliphatic carbocycles. The zero-order valence-electron chi connectivity index (χ0n) is 30.6. The number of piperazine rings is 1. The van der Waals surface area contributed by atoms with Crippen LogP contribution in [-0.4, -0.2) is 100 Å². The van der Waals surface area contributed by atoms with Gasteiger partial charge in [0.25, 0.3) is 5.91 Å². The van der Waals surface area contributed by atoms with Gasteiger partial charge in [-0.3, -0.25) is 24.2 Å². The van der Waals surface area contributed by atoms with Crippen molar-refractivity contribution in [3.63, 3.8) is 0 Å². The Balaban J connectivity index is 0.992. The molecule has 1 aromatic heterocycles. The quantitative estimate of drug-likeness (QED) is 0.159. The Hall–Kier alpha value is -5.67. The molecule has 3 aliphatic heterocycles. The van der Waals surface area contributed by atoms with Crippen LogP contribution in [0.5, 0.6) is 5.75 Å². The number of hydrogen-bond acceptors (Lipinski definition) is 10. The van der Waals surface area contributed by atoms with Crippen molar-refractivity contribution in [1.82, 2.24) is 19.7 Å². The number of carboxylic acids is 1. The van der Waals surface area contributed by atoms with E-state index in [1.165, 1.54) is 22.9 Å². The molecule has 0 bridgehead atoms. The maximum Gasteiger partial charge on any atom is 0.355 e. The van der Waals surface area contributed by atoms with Crippen LogP contribution in [0.15, 0.2) is 89.0 Å². The first-order valence-electron chi connectivity index (χ1n) is 18.5. The predicted molar refractivity (Wildman–Crippen MR) is 207 cm³/mol. The van der Waals surface area contributed by atoms with Gasteiger partial charge in [0.05, 0.1) is 24.7 Å². The lowest BCUT2D eigenvalue weighted by molar-refractivity contribution is -0.153. The standard InChI is InChI=1S/C41H40FN5O8S/c1-54-28-11-7-25(8-12-28)22-55-41(53)36-26(23-56-39-35(38(50)47(36)39)43-34(48)17-24-5-3-2-4-6-24)20-44-13-15-45(16-14-44)33-19-32-29(18-31(33)42)37(49)30(40(51)52)21-46(32)27-9-10-27/h2-8,11-12,18-19,21,27,35,39H,9-10,13-17,20,22-23H2,1H3,(H,43,48)(H,51,52)/t35-,39-/m0/s1. The number of thioether (sulfide) groups is 1. The smallest absolute Gasteiger partial charge is 0.355 e. The third-order valence-electron chi connectivity index (χ3n) is 10.7. The number of nitrogens with zero attached hydrogens (tertiary/aromatic N) is 4. The lowest BCUT2D eigenvalue weighted by atomic mass is 10.0. The van der Waals surface area contributed by atoms with Gasteiger partial charge in [0.15, 0.2) is 0 Å². The molecule has 290 valence electrons. The summed E-state index contributed by atoms with van der Waals surface area (Å²) in [7, 11) is 1.57. The summed E-state index contributed by atoms with van der Waals surface area (Å²) in [4.78, 5) is 70.7. The molecule has 3 aromatic carbocycles. The van der Waals surface area contributed by atoms with Crippen LogP contribution in [0.3, 0.4) is 0 Å². The molecule has 1 saturated carbocycles. The second-order valence-corrected chi connectivity index (χ2v) is 15.5. The Labute approximate surface area is 325 Å². The van der Waals surface area contributed by atoms with E-state index < -0.39 is 34.6 Å². The van der Waals surface area contributed by atoms with E-state index in [1.807, 2.05) is 35.2 Å². The van der Waals surface area contributed by atoms with Gasteiger partial charge in [0.2, 0.25) is 11.3 Å². The number of ether oxygens (including phenoxy) is 2. The summed E-state index contributed by atoms with van der Waals surface area (Å²) >= 11 is 1.48. The first-order valence-corrected chi connectivity index (χ1v) is 19.5. The summed E-state index contributed by atoms with van der Waals surface area (Å²) in [6.45, 7) is 2.28. The molecule has 0 unspecified atom stereocenters. The molecule has 56 heavy (non-hydrogen) atoms. The van der Waals surface area contributed by atoms with E-state index in [0.29, 0.717) is 55.4 Å². The molecule has 2 atom stereocenters. The van der Waals surface area contributed by atoms with Crippen LogP contribution in [0, 0.1) is 5.82 Å². The van der Waals surface area contributed by atoms with Crippen LogP contribution < -0.4 is 20.4 Å². The average Bonchev–Trinajstić information content (AvgIpc) is 4.05. The van der Waals surface area contributed by atoms with Gasteiger partial charge in [0, 0.05) is 56.1 Å². The van der Waals surface area contributed by atoms with Gasteiger partial charge >= 0.3 is 11.9 Å². The molecule has 0 radical (unpaired) electrons. The number of benzene rings is 3. The fourth-order valence-electron chi connectivity index (χ4n) is 7.56. The number of β-lactam (4-membered cyclic amide) rings is 1. The second kappa shape index (κ2) is 15.5. The van der Waals surface area contributed by atoms with Gasteiger partial charge < -0.3 is 29.4 Å². The Morgan fingerprint density at radius 1 is 0.964 bits per heavy atom. The number of methoxy groups -OCH3 is 1. The van der Waals surface area contributed by atoms with Crippen molar-refractivity contribution in [2.24, 2.45) is 0 Å². The number of esters is 1. The van der Waals surface area contributed by atoms with Crippen molar-refractivity contribution in [2.75, 3.05) is 50.5 Å². The number of carbonyl (C=O) groups excluding carboxylic acids is 3. The van der Waals surface area contributed by atoms with E-state index in [1.54, 1.807) is 42.0 Å². The maximum absolute atomic E-state index is 15.7. The van der Waals surface area contributed by atoms with Crippen LogP contribution in [-0.2, 0) is 32.1 Å². The number of hydrogen-bond donors (Lipinski definition) is 2. The predicted octanol–water partition coefficient (Wildman–Crippen LogP) is 3.94. The normalized spacial score (nSPS) is 19.7. The first kappa shape index (κ1) is 37.3. The summed E-state index contributed by atoms with van der Waals surface area (Å²) in [5.74, 6) is -2.14. The SMILES string of the molecule is COc1ccc(COC(=O)C2=C(CN3CCN(c4cc5c(cc4F)c(=O)c(C(=O)O)cn5C4CC4)CC3)CS[C@H]3[C@@H](NC(=O)Cc4ccccc4)C(=O)N23)cc1. The number of anilines is 1. The van der Waals surface area contributed by atoms with Gasteiger partial charge in [-0.1, -0.05) is 42.5 Å². The lowest BCUT2D eigenvalue weighted by Crippen LogP contribution is -2.71. The maximum atomic E-state index is 15.7. The Morgan fingerprint density at radius 2 is 1.70 bits per heavy atom. The van der Waals surface area contributed by atoms with E-state index >= 15 is 4.39 Å². The van der Waals surface area contributed by atoms with Gasteiger partial charge in [-0.05, 0) is 53.8 Å². The highest BCUT2D eigenvalue weighted by Crippen LogP contribution is 2.42. The highest BCUT2D eigenvalue weighted by molar-refractivity contribution is 8.00. The van der Waals surface area contributed by atoms with Crippen LogP contribution >= 0.6 is 11.8 Å². The van der Waals surface area contributed by atoms with E-state index in [4.69, 9.17) is 9.47 Å². The van der Waals surface area contributed by atoms with Gasteiger partial charge in [0.1, 0.15) is 40.8 Å². The Bertz CT molecular complexity index is 2300. The highest BCUT2D eigenvalue weighted by Gasteiger charge is 2.54. The molecule has 13 nitrogen and oxygen atoms in total. The van der Waals surface area contributed by atoms with Crippen molar-refractivity contribution < 1.29 is 38.1 Å². The zero-order valence-corrected chi connectivity index (χ0v) is 31.4. The van der Waals surface area contributed by atoms with E-state index in [2.05, 4.69) is 10.2 Å². The number of amides is 2. The summed E-state index contributed by atoms with van der Waals surface area (Å²) in [5.41, 5.74) is 2.23. The molecule has 4 heterocycles. The number of rotatable bonds is 12. The summed E-state index contributed by atoms with van der Waals surface area (Å²) in [6.07, 6.45) is 3.19. The topological polar surface area (TPSA) is 151 Å². The number of aromatic carboxylic acids is 1. The summed E-state index contributed by atoms with van der Waals surface area (Å²) in [5, 5.41) is 12.0. The van der Waals surface area contributed by atoms with Gasteiger partial charge in [-0.15, -0.1) is 11.8 Å². The van der Waals surface area contributed by atoms with Crippen molar-refractivity contribution in [3.8, 4) is 5.75 Å². The van der Waals surface area contributed by atoms with Gasteiger partial charge in [-0.2, -0.15) is 0 Å². The molecular formula is C41H40FN5O8S. The molecule has 0 spiro atoms. The molecule has 4 aliphatic rings. The number of nitrogens with one attached hydrogen (secondary N) is 1. The molecule has 8 rings (SSSR count). The number of carbonyl (C=O) groups is 4. The number of carboxylic acid groups (broad SMARTS) is 1. The van der Waals surface area contributed by atoms with Crippen molar-refractivity contribution in [2.45, 2.75) is 43.3 Å². The van der Waals surface area contributed by atoms with E-state index in [-0.39, 0.29) is 47.5 Å². The van der Waals surface area contributed by atoms with Crippen molar-refractivity contribution in [3.05, 3.63) is 117 Å². The zero-order chi connectivity index (χ0) is 39.1. The minimum absolute atomic E-state index is 0.0150. The Morgan fingerprint density at radius 3 is 2.38 bits per heavy atom. The number of pyridine rings is 1. The molecule has 4 aromatic rings. The average molecular weight is 782 g/mol. The van der Waals surface area contributed by atoms with Crippen LogP contribution in [0.2, 0.25) is 0 Å². The molecule has 15 heteroatoms. The number of aromatic nitrogens is 1. The monoisotopic (exact) mass is 781 g/mol. The first-order chi connectivity index (χ1) is 27.1. The molecular weight excluding hydrogens is 742 g/mol. The number of halogens is 1. The third kappa shape index (κ3) is 7.35. The van der Waals surface area contributed by atoms with Crippen LogP contribution in [0.1, 0.15) is 40.4 Å².